The SMILES string of the molecule is CC1(C)CC(O)(C(F)(F)F)C(NNc2n[nH]c(=O)c3ccccc23)c2ccc(Cl)c(O)c21. The number of H-pyrrole nitrogens is 1. The first-order valence-electron chi connectivity index (χ1n) is 9.67. The highest BCUT2D eigenvalue weighted by molar-refractivity contribution is 6.32. The third-order valence-corrected chi connectivity index (χ3v) is 6.16. The Labute approximate surface area is 185 Å². The molecular weight excluding hydrogens is 449 g/mol. The number of phenolic OH excluding ortho intramolecular Hbond substituents is 1. The maximum absolute atomic E-state index is 14.2. The maximum atomic E-state index is 14.2. The summed E-state index contributed by atoms with van der Waals surface area (Å²) < 4.78 is 42.5. The van der Waals surface area contributed by atoms with Gasteiger partial charge in [-0.2, -0.15) is 18.3 Å². The number of anilines is 1. The Balaban J connectivity index is 1.84. The van der Waals surface area contributed by atoms with E-state index in [9.17, 15) is 28.2 Å². The molecule has 7 nitrogen and oxygen atoms in total. The molecule has 0 aliphatic heterocycles. The van der Waals surface area contributed by atoms with Crippen LogP contribution < -0.4 is 16.4 Å². The Morgan fingerprint density at radius 3 is 2.50 bits per heavy atom. The number of rotatable bonds is 3. The summed E-state index contributed by atoms with van der Waals surface area (Å²) in [6.45, 7) is 3.00. The van der Waals surface area contributed by atoms with Gasteiger partial charge in [0.1, 0.15) is 5.75 Å². The second-order valence-electron chi connectivity index (χ2n) is 8.49. The fraction of sp³-hybridized carbons (Fsp3) is 0.333. The predicted octanol–water partition coefficient (Wildman–Crippen LogP) is 3.91. The smallest absolute Gasteiger partial charge is 0.419 e. The molecule has 1 aromatic heterocycles. The number of aliphatic hydroxyl groups is 1. The van der Waals surface area contributed by atoms with Crippen molar-refractivity contribution in [3.8, 4) is 5.75 Å². The Bertz CT molecular complexity index is 1260. The van der Waals surface area contributed by atoms with E-state index in [1.807, 2.05) is 0 Å². The van der Waals surface area contributed by atoms with Crippen LogP contribution in [0.2, 0.25) is 5.02 Å². The molecule has 0 radical (unpaired) electrons. The van der Waals surface area contributed by atoms with Gasteiger partial charge in [0.2, 0.25) is 0 Å². The van der Waals surface area contributed by atoms with E-state index in [0.717, 1.165) is 0 Å². The first-order chi connectivity index (χ1) is 14.9. The number of alkyl halides is 3. The van der Waals surface area contributed by atoms with Crippen LogP contribution in [0.1, 0.15) is 37.4 Å². The van der Waals surface area contributed by atoms with Gasteiger partial charge in [0.05, 0.1) is 16.5 Å². The molecule has 2 unspecified atom stereocenters. The molecule has 0 saturated carbocycles. The first kappa shape index (κ1) is 22.4. The second-order valence-corrected chi connectivity index (χ2v) is 8.90. The molecule has 4 rings (SSSR count). The van der Waals surface area contributed by atoms with E-state index >= 15 is 0 Å². The number of benzene rings is 2. The summed E-state index contributed by atoms with van der Waals surface area (Å²) in [5, 5.41) is 28.3. The van der Waals surface area contributed by atoms with E-state index < -0.39 is 35.2 Å². The molecule has 2 atom stereocenters. The molecule has 0 amide bonds. The van der Waals surface area contributed by atoms with Gasteiger partial charge < -0.3 is 15.6 Å². The summed E-state index contributed by atoms with van der Waals surface area (Å²) in [4.78, 5) is 12.0. The van der Waals surface area contributed by atoms with E-state index in [4.69, 9.17) is 11.6 Å². The third kappa shape index (κ3) is 3.39. The van der Waals surface area contributed by atoms with Crippen LogP contribution >= 0.6 is 11.6 Å². The zero-order valence-corrected chi connectivity index (χ0v) is 17.8. The van der Waals surface area contributed by atoms with Gasteiger partial charge >= 0.3 is 6.18 Å². The quantitative estimate of drug-likeness (QED) is 0.373. The van der Waals surface area contributed by atoms with Gasteiger partial charge in [-0.05, 0) is 29.5 Å². The summed E-state index contributed by atoms with van der Waals surface area (Å²) in [6, 6.07) is 7.32. The molecule has 1 aliphatic carbocycles. The number of aromatic nitrogens is 2. The second kappa shape index (κ2) is 7.36. The molecular formula is C21H20ClF3N4O3. The largest absolute Gasteiger partial charge is 0.506 e. The van der Waals surface area contributed by atoms with Crippen LogP contribution in [0.25, 0.3) is 10.8 Å². The maximum Gasteiger partial charge on any atom is 0.419 e. The highest BCUT2D eigenvalue weighted by Crippen LogP contribution is 2.56. The van der Waals surface area contributed by atoms with Crippen LogP contribution in [0.4, 0.5) is 19.0 Å². The summed E-state index contributed by atoms with van der Waals surface area (Å²) in [7, 11) is 0. The highest BCUT2D eigenvalue weighted by Gasteiger charge is 2.64. The Morgan fingerprint density at radius 1 is 1.19 bits per heavy atom. The number of nitrogens with zero attached hydrogens (tertiary/aromatic N) is 1. The molecule has 5 N–H and O–H groups in total. The van der Waals surface area contributed by atoms with Crippen molar-refractivity contribution < 1.29 is 23.4 Å². The van der Waals surface area contributed by atoms with Gasteiger partial charge in [0.15, 0.2) is 11.4 Å². The number of hydrazine groups is 1. The van der Waals surface area contributed by atoms with Crippen molar-refractivity contribution in [1.29, 1.82) is 0 Å². The summed E-state index contributed by atoms with van der Waals surface area (Å²) >= 11 is 6.02. The standard InChI is InChI=1S/C21H20ClF3N4O3/c1-19(2)9-20(32,21(23,24)25)16(12-7-8-13(22)15(30)14(12)19)26-27-17-10-5-3-4-6-11(10)18(31)29-28-17/h3-8,16,26,30,32H,9H2,1-2H3,(H,27,28)(H,29,31). The van der Waals surface area contributed by atoms with Crippen LogP contribution in [0.3, 0.4) is 0 Å². The molecule has 0 bridgehead atoms. The summed E-state index contributed by atoms with van der Waals surface area (Å²) in [5.41, 5.74) is 0.492. The molecule has 3 aromatic rings. The van der Waals surface area contributed by atoms with Gasteiger partial charge in [-0.1, -0.05) is 49.7 Å². The lowest BCUT2D eigenvalue weighted by Gasteiger charge is -2.48. The molecule has 0 saturated heterocycles. The topological polar surface area (TPSA) is 110 Å². The zero-order chi connectivity index (χ0) is 23.5. The lowest BCUT2D eigenvalue weighted by molar-refractivity contribution is -0.281. The molecule has 11 heteroatoms. The van der Waals surface area contributed by atoms with Crippen LogP contribution in [-0.2, 0) is 5.41 Å². The van der Waals surface area contributed by atoms with Crippen molar-refractivity contribution in [3.63, 3.8) is 0 Å². The van der Waals surface area contributed by atoms with Crippen molar-refractivity contribution in [2.75, 3.05) is 5.43 Å². The fourth-order valence-electron chi connectivity index (χ4n) is 4.47. The molecule has 0 spiro atoms. The van der Waals surface area contributed by atoms with Gasteiger partial charge in [-0.25, -0.2) is 10.5 Å². The van der Waals surface area contributed by atoms with E-state index in [2.05, 4.69) is 21.0 Å². The number of aromatic hydroxyl groups is 1. The minimum atomic E-state index is -5.00. The van der Waals surface area contributed by atoms with Crippen molar-refractivity contribution in [1.82, 2.24) is 15.6 Å². The molecule has 1 heterocycles. The number of nitrogens with one attached hydrogen (secondary N) is 3. The van der Waals surface area contributed by atoms with Crippen molar-refractivity contribution in [2.45, 2.75) is 43.5 Å². The Kier molecular flexibility index (Phi) is 5.15. The normalized spacial score (nSPS) is 22.5. The molecule has 1 aliphatic rings. The molecule has 0 fully saturated rings. The lowest BCUT2D eigenvalue weighted by atomic mass is 9.63. The van der Waals surface area contributed by atoms with Gasteiger partial charge in [0.25, 0.3) is 5.56 Å². The van der Waals surface area contributed by atoms with Crippen LogP contribution in [0, 0.1) is 0 Å². The first-order valence-corrected chi connectivity index (χ1v) is 10.0. The van der Waals surface area contributed by atoms with Crippen LogP contribution in [0.15, 0.2) is 41.2 Å². The van der Waals surface area contributed by atoms with Crippen molar-refractivity contribution >= 4 is 28.2 Å². The fourth-order valence-corrected chi connectivity index (χ4v) is 4.62. The Hall–Kier alpha value is -2.82. The average Bonchev–Trinajstić information content (AvgIpc) is 2.70. The van der Waals surface area contributed by atoms with Gasteiger partial charge in [-0.15, -0.1) is 0 Å². The monoisotopic (exact) mass is 468 g/mol. The predicted molar refractivity (Wildman–Crippen MR) is 114 cm³/mol. The number of aromatic amines is 1. The zero-order valence-electron chi connectivity index (χ0n) is 17.0. The average molecular weight is 469 g/mol. The number of halogens is 4. The molecule has 170 valence electrons. The number of hydrogen-bond donors (Lipinski definition) is 5. The number of phenols is 1. The van der Waals surface area contributed by atoms with Gasteiger partial charge in [0, 0.05) is 10.9 Å². The van der Waals surface area contributed by atoms with E-state index in [-0.39, 0.29) is 33.1 Å². The minimum absolute atomic E-state index is 0.00530. The van der Waals surface area contributed by atoms with Crippen LogP contribution in [-0.4, -0.2) is 32.2 Å². The summed E-state index contributed by atoms with van der Waals surface area (Å²) in [6.07, 6.45) is -5.74. The van der Waals surface area contributed by atoms with Crippen molar-refractivity contribution in [2.24, 2.45) is 0 Å². The number of hydrogen-bond acceptors (Lipinski definition) is 6. The highest BCUT2D eigenvalue weighted by atomic mass is 35.5. The molecule has 2 aromatic carbocycles. The lowest BCUT2D eigenvalue weighted by Crippen LogP contribution is -2.60. The third-order valence-electron chi connectivity index (χ3n) is 5.86. The van der Waals surface area contributed by atoms with Crippen LogP contribution in [0.5, 0.6) is 5.75 Å². The minimum Gasteiger partial charge on any atom is -0.506 e. The summed E-state index contributed by atoms with van der Waals surface area (Å²) in [5.74, 6) is -0.271. The van der Waals surface area contributed by atoms with E-state index in [1.54, 1.807) is 24.3 Å². The molecule has 32 heavy (non-hydrogen) atoms. The van der Waals surface area contributed by atoms with E-state index in [0.29, 0.717) is 5.39 Å². The van der Waals surface area contributed by atoms with E-state index in [1.165, 1.54) is 26.0 Å². The van der Waals surface area contributed by atoms with Gasteiger partial charge in [-0.3, -0.25) is 4.79 Å². The Morgan fingerprint density at radius 2 is 1.84 bits per heavy atom. The van der Waals surface area contributed by atoms with Crippen molar-refractivity contribution in [3.05, 3.63) is 62.9 Å². The number of fused-ring (bicyclic) bond motifs is 2.